The molecule has 1 amide bonds. The zero-order valence-electron chi connectivity index (χ0n) is 6.95. The number of hydrogen-bond donors (Lipinski definition) is 2. The van der Waals surface area contributed by atoms with Gasteiger partial charge in [-0.25, -0.2) is 5.84 Å². The number of rotatable bonds is 1. The number of nitrogens with one attached hydrogen (secondary N) is 1. The second kappa shape index (κ2) is 3.39. The van der Waals surface area contributed by atoms with E-state index in [9.17, 15) is 4.79 Å². The molecule has 0 radical (unpaired) electrons. The molecule has 5 nitrogen and oxygen atoms in total. The van der Waals surface area contributed by atoms with Crippen LogP contribution in [0.2, 0.25) is 0 Å². The highest BCUT2D eigenvalue weighted by atomic mass is 79.9. The van der Waals surface area contributed by atoms with Gasteiger partial charge in [0.25, 0.3) is 5.91 Å². The van der Waals surface area contributed by atoms with Gasteiger partial charge in [0.05, 0.1) is 5.39 Å². The van der Waals surface area contributed by atoms with Crippen LogP contribution < -0.4 is 11.3 Å². The summed E-state index contributed by atoms with van der Waals surface area (Å²) >= 11 is 3.28. The lowest BCUT2D eigenvalue weighted by Crippen LogP contribution is -2.30. The summed E-state index contributed by atoms with van der Waals surface area (Å²) in [7, 11) is 0. The third-order valence-corrected chi connectivity index (χ3v) is 2.27. The number of carbonyl (C=O) groups excluding carboxylic acids is 1. The van der Waals surface area contributed by atoms with E-state index in [2.05, 4.69) is 21.1 Å². The van der Waals surface area contributed by atoms with Crippen LogP contribution in [-0.4, -0.2) is 11.1 Å². The molecule has 2 aromatic rings. The van der Waals surface area contributed by atoms with E-state index in [1.165, 1.54) is 0 Å². The normalized spacial score (nSPS) is 10.4. The van der Waals surface area contributed by atoms with Gasteiger partial charge in [-0.05, 0) is 18.2 Å². The summed E-state index contributed by atoms with van der Waals surface area (Å²) in [4.78, 5) is 11.2. The topological polar surface area (TPSA) is 81.1 Å². The monoisotopic (exact) mass is 255 g/mol. The Morgan fingerprint density at radius 2 is 2.36 bits per heavy atom. The molecular formula is C8H6BrN3O2. The third kappa shape index (κ3) is 1.38. The minimum Gasteiger partial charge on any atom is -0.355 e. The smallest absolute Gasteiger partial charge is 0.287 e. The van der Waals surface area contributed by atoms with E-state index >= 15 is 0 Å². The maximum absolute atomic E-state index is 11.2. The van der Waals surface area contributed by atoms with E-state index in [-0.39, 0.29) is 5.69 Å². The fraction of sp³-hybridized carbons (Fsp3) is 0. The molecule has 0 aliphatic carbocycles. The van der Waals surface area contributed by atoms with E-state index < -0.39 is 5.91 Å². The minimum atomic E-state index is -0.467. The second-order valence-corrected chi connectivity index (χ2v) is 3.56. The summed E-state index contributed by atoms with van der Waals surface area (Å²) in [5.74, 6) is 4.53. The highest BCUT2D eigenvalue weighted by Gasteiger charge is 2.14. The van der Waals surface area contributed by atoms with Gasteiger partial charge in [-0.15, -0.1) is 0 Å². The number of carbonyl (C=O) groups is 1. The van der Waals surface area contributed by atoms with E-state index in [0.29, 0.717) is 11.0 Å². The van der Waals surface area contributed by atoms with Crippen LogP contribution in [0.25, 0.3) is 11.0 Å². The Balaban J connectivity index is 2.64. The Kier molecular flexibility index (Phi) is 2.22. The van der Waals surface area contributed by atoms with Crippen LogP contribution in [0.15, 0.2) is 27.2 Å². The lowest BCUT2D eigenvalue weighted by atomic mass is 10.2. The summed E-state index contributed by atoms with van der Waals surface area (Å²) in [5, 5.41) is 4.25. The van der Waals surface area contributed by atoms with Crippen LogP contribution in [0.1, 0.15) is 10.5 Å². The van der Waals surface area contributed by atoms with Crippen molar-refractivity contribution in [2.75, 3.05) is 0 Å². The second-order valence-electron chi connectivity index (χ2n) is 2.65. The molecule has 1 aromatic heterocycles. The van der Waals surface area contributed by atoms with Crippen LogP contribution in [0, 0.1) is 0 Å². The first-order valence-corrected chi connectivity index (χ1v) is 4.57. The Morgan fingerprint density at radius 1 is 1.57 bits per heavy atom. The van der Waals surface area contributed by atoms with Crippen molar-refractivity contribution in [1.29, 1.82) is 0 Å². The van der Waals surface area contributed by atoms with Crippen molar-refractivity contribution >= 4 is 32.8 Å². The Morgan fingerprint density at radius 3 is 3.07 bits per heavy atom. The van der Waals surface area contributed by atoms with Crippen molar-refractivity contribution in [2.45, 2.75) is 0 Å². The van der Waals surface area contributed by atoms with Crippen LogP contribution >= 0.6 is 15.9 Å². The zero-order valence-corrected chi connectivity index (χ0v) is 8.54. The Bertz CT molecular complexity index is 494. The highest BCUT2D eigenvalue weighted by Crippen LogP contribution is 2.22. The van der Waals surface area contributed by atoms with Crippen LogP contribution in [-0.2, 0) is 0 Å². The third-order valence-electron chi connectivity index (χ3n) is 1.78. The molecule has 0 aliphatic rings. The van der Waals surface area contributed by atoms with Crippen molar-refractivity contribution in [3.63, 3.8) is 0 Å². The maximum atomic E-state index is 11.2. The molecule has 3 N–H and O–H groups in total. The van der Waals surface area contributed by atoms with E-state index in [1.807, 2.05) is 5.43 Å². The van der Waals surface area contributed by atoms with Crippen LogP contribution in [0.5, 0.6) is 0 Å². The standard InChI is InChI=1S/C8H6BrN3O2/c9-4-1-2-5-6(3-4)14-12-7(5)8(13)11-10/h1-3H,10H2,(H,11,13). The number of hydrogen-bond acceptors (Lipinski definition) is 4. The first-order chi connectivity index (χ1) is 6.72. The molecule has 72 valence electrons. The molecule has 0 spiro atoms. The molecule has 1 heterocycles. The van der Waals surface area contributed by atoms with Crippen molar-refractivity contribution < 1.29 is 9.32 Å². The predicted octanol–water partition coefficient (Wildman–Crippen LogP) is 1.19. The van der Waals surface area contributed by atoms with E-state index in [0.717, 1.165) is 4.47 Å². The summed E-state index contributed by atoms with van der Waals surface area (Å²) in [6, 6.07) is 5.27. The van der Waals surface area contributed by atoms with Crippen molar-refractivity contribution in [1.82, 2.24) is 10.6 Å². The lowest BCUT2D eigenvalue weighted by Gasteiger charge is -1.93. The van der Waals surface area contributed by atoms with Gasteiger partial charge in [-0.2, -0.15) is 0 Å². The molecule has 0 saturated heterocycles. The molecule has 0 fully saturated rings. The van der Waals surface area contributed by atoms with Gasteiger partial charge in [-0.3, -0.25) is 10.2 Å². The highest BCUT2D eigenvalue weighted by molar-refractivity contribution is 9.10. The van der Waals surface area contributed by atoms with E-state index in [4.69, 9.17) is 10.4 Å². The molecule has 0 atom stereocenters. The number of nitrogen functional groups attached to an aromatic ring is 1. The number of amides is 1. The van der Waals surface area contributed by atoms with E-state index in [1.54, 1.807) is 18.2 Å². The molecule has 6 heteroatoms. The number of aromatic nitrogens is 1. The molecule has 0 saturated carbocycles. The van der Waals surface area contributed by atoms with Gasteiger partial charge in [0.1, 0.15) is 0 Å². The molecule has 2 rings (SSSR count). The molecule has 0 unspecified atom stereocenters. The summed E-state index contributed by atoms with van der Waals surface area (Å²) in [5.41, 5.74) is 2.73. The number of hydrazine groups is 1. The SMILES string of the molecule is NNC(=O)c1noc2cc(Br)ccc12. The predicted molar refractivity (Wildman–Crippen MR) is 53.4 cm³/mol. The Labute approximate surface area is 87.3 Å². The number of halogens is 1. The quantitative estimate of drug-likeness (QED) is 0.456. The fourth-order valence-electron chi connectivity index (χ4n) is 1.14. The number of benzene rings is 1. The minimum absolute atomic E-state index is 0.190. The number of fused-ring (bicyclic) bond motifs is 1. The molecule has 14 heavy (non-hydrogen) atoms. The molecule has 1 aromatic carbocycles. The van der Waals surface area contributed by atoms with Gasteiger partial charge >= 0.3 is 0 Å². The fourth-order valence-corrected chi connectivity index (χ4v) is 1.48. The van der Waals surface area contributed by atoms with Gasteiger partial charge in [0.2, 0.25) is 0 Å². The van der Waals surface area contributed by atoms with Crippen molar-refractivity contribution in [3.8, 4) is 0 Å². The number of nitrogens with zero attached hydrogens (tertiary/aromatic N) is 1. The van der Waals surface area contributed by atoms with Gasteiger partial charge in [-0.1, -0.05) is 21.1 Å². The number of nitrogens with two attached hydrogens (primary N) is 1. The summed E-state index contributed by atoms with van der Waals surface area (Å²) in [6.45, 7) is 0. The summed E-state index contributed by atoms with van der Waals surface area (Å²) in [6.07, 6.45) is 0. The summed E-state index contributed by atoms with van der Waals surface area (Å²) < 4.78 is 5.82. The molecule has 0 aliphatic heterocycles. The average Bonchev–Trinajstić information content (AvgIpc) is 2.59. The maximum Gasteiger partial charge on any atom is 0.287 e. The van der Waals surface area contributed by atoms with Gasteiger partial charge in [0.15, 0.2) is 11.3 Å². The van der Waals surface area contributed by atoms with Crippen molar-refractivity contribution in [2.24, 2.45) is 5.84 Å². The van der Waals surface area contributed by atoms with Crippen LogP contribution in [0.4, 0.5) is 0 Å². The lowest BCUT2D eigenvalue weighted by molar-refractivity contribution is 0.0946. The largest absolute Gasteiger partial charge is 0.355 e. The van der Waals surface area contributed by atoms with Crippen LogP contribution in [0.3, 0.4) is 0 Å². The van der Waals surface area contributed by atoms with Crippen molar-refractivity contribution in [3.05, 3.63) is 28.4 Å². The van der Waals surface area contributed by atoms with Gasteiger partial charge in [0, 0.05) is 4.47 Å². The molecule has 0 bridgehead atoms. The first-order valence-electron chi connectivity index (χ1n) is 3.78. The Hall–Kier alpha value is -1.40. The average molecular weight is 256 g/mol. The van der Waals surface area contributed by atoms with Gasteiger partial charge < -0.3 is 4.52 Å². The molecular weight excluding hydrogens is 250 g/mol. The first kappa shape index (κ1) is 9.17. The zero-order chi connectivity index (χ0) is 10.1.